The summed E-state index contributed by atoms with van der Waals surface area (Å²) in [6, 6.07) is 5.72. The van der Waals surface area contributed by atoms with Crippen molar-refractivity contribution in [2.24, 2.45) is 5.84 Å². The van der Waals surface area contributed by atoms with E-state index in [-0.39, 0.29) is 5.56 Å². The van der Waals surface area contributed by atoms with Crippen LogP contribution in [-0.4, -0.2) is 12.1 Å². The summed E-state index contributed by atoms with van der Waals surface area (Å²) in [5, 5.41) is 0. The SMILES string of the molecule is COc1cccnc1C(NN)c1cc(F)ccc1F. The van der Waals surface area contributed by atoms with E-state index in [0.29, 0.717) is 11.4 Å². The first kappa shape index (κ1) is 13.4. The molecule has 0 bridgehead atoms. The number of nitrogens with two attached hydrogens (primary N) is 1. The maximum absolute atomic E-state index is 13.8. The lowest BCUT2D eigenvalue weighted by Gasteiger charge is -2.18. The second-order valence-corrected chi connectivity index (χ2v) is 3.86. The predicted octanol–water partition coefficient (Wildman–Crippen LogP) is 1.92. The van der Waals surface area contributed by atoms with Gasteiger partial charge >= 0.3 is 0 Å². The standard InChI is InChI=1S/C13H13F2N3O/c1-19-11-3-2-6-17-13(11)12(18-16)9-7-8(14)4-5-10(9)15/h2-7,12,18H,16H2,1H3. The monoisotopic (exact) mass is 265 g/mol. The normalized spacial score (nSPS) is 12.2. The molecule has 0 aliphatic heterocycles. The molecule has 4 nitrogen and oxygen atoms in total. The van der Waals surface area contributed by atoms with Crippen molar-refractivity contribution in [3.63, 3.8) is 0 Å². The Balaban J connectivity index is 2.53. The van der Waals surface area contributed by atoms with E-state index in [2.05, 4.69) is 10.4 Å². The van der Waals surface area contributed by atoms with Gasteiger partial charge in [0, 0.05) is 11.8 Å². The number of methoxy groups -OCH3 is 1. The average Bonchev–Trinajstić information content (AvgIpc) is 2.44. The lowest BCUT2D eigenvalue weighted by Crippen LogP contribution is -2.30. The number of ether oxygens (including phenoxy) is 1. The van der Waals surface area contributed by atoms with Gasteiger partial charge in [-0.2, -0.15) is 0 Å². The van der Waals surface area contributed by atoms with Crippen molar-refractivity contribution in [3.05, 3.63) is 59.4 Å². The van der Waals surface area contributed by atoms with Crippen LogP contribution in [0.3, 0.4) is 0 Å². The van der Waals surface area contributed by atoms with E-state index in [1.165, 1.54) is 13.3 Å². The van der Waals surface area contributed by atoms with Crippen LogP contribution in [0.4, 0.5) is 8.78 Å². The molecule has 19 heavy (non-hydrogen) atoms. The molecule has 1 unspecified atom stereocenters. The number of nitrogens with zero attached hydrogens (tertiary/aromatic N) is 1. The van der Waals surface area contributed by atoms with Crippen molar-refractivity contribution in [1.29, 1.82) is 0 Å². The van der Waals surface area contributed by atoms with Crippen LogP contribution in [0.25, 0.3) is 0 Å². The maximum atomic E-state index is 13.8. The first-order valence-corrected chi connectivity index (χ1v) is 5.57. The number of pyridine rings is 1. The molecular formula is C13H13F2N3O. The average molecular weight is 265 g/mol. The first-order valence-electron chi connectivity index (χ1n) is 5.57. The van der Waals surface area contributed by atoms with Crippen molar-refractivity contribution >= 4 is 0 Å². The molecule has 6 heteroatoms. The highest BCUT2D eigenvalue weighted by molar-refractivity contribution is 5.37. The number of hydrogen-bond donors (Lipinski definition) is 2. The Bertz CT molecular complexity index is 578. The quantitative estimate of drug-likeness (QED) is 0.655. The number of hydrogen-bond acceptors (Lipinski definition) is 4. The smallest absolute Gasteiger partial charge is 0.142 e. The highest BCUT2D eigenvalue weighted by atomic mass is 19.1. The molecule has 0 amide bonds. The molecule has 2 rings (SSSR count). The fraction of sp³-hybridized carbons (Fsp3) is 0.154. The predicted molar refractivity (Wildman–Crippen MR) is 66.3 cm³/mol. The molecule has 3 N–H and O–H groups in total. The molecule has 0 aliphatic carbocycles. The molecule has 0 spiro atoms. The Labute approximate surface area is 109 Å². The molecule has 0 saturated carbocycles. The maximum Gasteiger partial charge on any atom is 0.142 e. The van der Waals surface area contributed by atoms with Gasteiger partial charge in [0.1, 0.15) is 23.1 Å². The topological polar surface area (TPSA) is 60.2 Å². The molecule has 0 saturated heterocycles. The summed E-state index contributed by atoms with van der Waals surface area (Å²) < 4.78 is 32.2. The van der Waals surface area contributed by atoms with Crippen LogP contribution in [-0.2, 0) is 0 Å². The van der Waals surface area contributed by atoms with Crippen LogP contribution in [0.15, 0.2) is 36.5 Å². The lowest BCUT2D eigenvalue weighted by molar-refractivity contribution is 0.399. The Kier molecular flexibility index (Phi) is 4.03. The van der Waals surface area contributed by atoms with E-state index in [4.69, 9.17) is 10.6 Å². The van der Waals surface area contributed by atoms with Crippen LogP contribution in [0, 0.1) is 11.6 Å². The Morgan fingerprint density at radius 3 is 2.79 bits per heavy atom. The fourth-order valence-electron chi connectivity index (χ4n) is 1.84. The van der Waals surface area contributed by atoms with Gasteiger partial charge in [-0.1, -0.05) is 0 Å². The minimum atomic E-state index is -0.799. The summed E-state index contributed by atoms with van der Waals surface area (Å²) in [4.78, 5) is 4.11. The summed E-state index contributed by atoms with van der Waals surface area (Å²) in [5.74, 6) is 4.76. The lowest BCUT2D eigenvalue weighted by atomic mass is 10.0. The number of aromatic nitrogens is 1. The van der Waals surface area contributed by atoms with Gasteiger partial charge in [-0.05, 0) is 30.3 Å². The molecule has 1 aromatic carbocycles. The molecular weight excluding hydrogens is 252 g/mol. The number of halogens is 2. The van der Waals surface area contributed by atoms with Crippen molar-refractivity contribution in [2.75, 3.05) is 7.11 Å². The summed E-state index contributed by atoms with van der Waals surface area (Å²) in [7, 11) is 1.47. The number of rotatable bonds is 4. The van der Waals surface area contributed by atoms with Crippen LogP contribution in [0.5, 0.6) is 5.75 Å². The highest BCUT2D eigenvalue weighted by Gasteiger charge is 2.22. The molecule has 0 radical (unpaired) electrons. The molecule has 1 atom stereocenters. The molecule has 2 aromatic rings. The van der Waals surface area contributed by atoms with Crippen molar-refractivity contribution in [1.82, 2.24) is 10.4 Å². The highest BCUT2D eigenvalue weighted by Crippen LogP contribution is 2.29. The number of benzene rings is 1. The first-order chi connectivity index (χ1) is 9.17. The summed E-state index contributed by atoms with van der Waals surface area (Å²) in [5.41, 5.74) is 2.88. The third kappa shape index (κ3) is 2.69. The third-order valence-electron chi connectivity index (χ3n) is 2.73. The molecule has 1 heterocycles. The van der Waals surface area contributed by atoms with Crippen molar-refractivity contribution in [3.8, 4) is 5.75 Å². The third-order valence-corrected chi connectivity index (χ3v) is 2.73. The van der Waals surface area contributed by atoms with Gasteiger partial charge < -0.3 is 4.74 Å². The zero-order chi connectivity index (χ0) is 13.8. The molecule has 1 aromatic heterocycles. The zero-order valence-electron chi connectivity index (χ0n) is 10.2. The largest absolute Gasteiger partial charge is 0.495 e. The van der Waals surface area contributed by atoms with E-state index < -0.39 is 17.7 Å². The van der Waals surface area contributed by atoms with Crippen LogP contribution < -0.4 is 16.0 Å². The van der Waals surface area contributed by atoms with Gasteiger partial charge in [0.2, 0.25) is 0 Å². The van der Waals surface area contributed by atoms with Gasteiger partial charge in [-0.3, -0.25) is 10.8 Å². The van der Waals surface area contributed by atoms with Gasteiger partial charge in [0.25, 0.3) is 0 Å². The van der Waals surface area contributed by atoms with Gasteiger partial charge in [-0.25, -0.2) is 14.2 Å². The number of nitrogens with one attached hydrogen (secondary N) is 1. The minimum Gasteiger partial charge on any atom is -0.495 e. The van der Waals surface area contributed by atoms with Gasteiger partial charge in [0.05, 0.1) is 13.2 Å². The van der Waals surface area contributed by atoms with Crippen LogP contribution in [0.2, 0.25) is 0 Å². The van der Waals surface area contributed by atoms with Crippen LogP contribution >= 0.6 is 0 Å². The van der Waals surface area contributed by atoms with E-state index in [1.54, 1.807) is 12.1 Å². The van der Waals surface area contributed by atoms with E-state index in [0.717, 1.165) is 18.2 Å². The minimum absolute atomic E-state index is 0.0690. The Morgan fingerprint density at radius 1 is 1.32 bits per heavy atom. The van der Waals surface area contributed by atoms with Gasteiger partial charge in [-0.15, -0.1) is 0 Å². The van der Waals surface area contributed by atoms with Gasteiger partial charge in [0.15, 0.2) is 0 Å². The Morgan fingerprint density at radius 2 is 2.11 bits per heavy atom. The number of hydrazine groups is 1. The second kappa shape index (κ2) is 5.73. The summed E-state index contributed by atoms with van der Waals surface area (Å²) in [6.45, 7) is 0. The Hall–Kier alpha value is -2.05. The summed E-state index contributed by atoms with van der Waals surface area (Å²) in [6.07, 6.45) is 1.53. The molecule has 100 valence electrons. The van der Waals surface area contributed by atoms with E-state index in [9.17, 15) is 8.78 Å². The summed E-state index contributed by atoms with van der Waals surface area (Å²) >= 11 is 0. The van der Waals surface area contributed by atoms with Crippen molar-refractivity contribution in [2.45, 2.75) is 6.04 Å². The second-order valence-electron chi connectivity index (χ2n) is 3.86. The fourth-order valence-corrected chi connectivity index (χ4v) is 1.84. The zero-order valence-corrected chi connectivity index (χ0v) is 10.2. The van der Waals surface area contributed by atoms with E-state index in [1.807, 2.05) is 0 Å². The molecule has 0 fully saturated rings. The van der Waals surface area contributed by atoms with Crippen molar-refractivity contribution < 1.29 is 13.5 Å². The van der Waals surface area contributed by atoms with Crippen LogP contribution in [0.1, 0.15) is 17.3 Å². The van der Waals surface area contributed by atoms with E-state index >= 15 is 0 Å². The molecule has 0 aliphatic rings.